The van der Waals surface area contributed by atoms with Crippen LogP contribution in [0.3, 0.4) is 0 Å². The lowest BCUT2D eigenvalue weighted by Gasteiger charge is -2.31. The summed E-state index contributed by atoms with van der Waals surface area (Å²) in [5.41, 5.74) is 1.95. The first-order valence-corrected chi connectivity index (χ1v) is 7.15. The van der Waals surface area contributed by atoms with Crippen molar-refractivity contribution in [2.45, 2.75) is 13.5 Å². The quantitative estimate of drug-likeness (QED) is 0.863. The lowest BCUT2D eigenvalue weighted by atomic mass is 9.88. The number of aromatic nitrogens is 3. The van der Waals surface area contributed by atoms with E-state index in [4.69, 9.17) is 0 Å². The van der Waals surface area contributed by atoms with Crippen LogP contribution in [0.4, 0.5) is 5.69 Å². The molecular weight excluding hydrogens is 266 g/mol. The van der Waals surface area contributed by atoms with E-state index >= 15 is 0 Å². The Kier molecular flexibility index (Phi) is 3.96. The number of carbonyl (C=O) groups excluding carboxylic acids is 1. The van der Waals surface area contributed by atoms with E-state index in [2.05, 4.69) is 20.7 Å². The molecule has 21 heavy (non-hydrogen) atoms. The normalized spacial score (nSPS) is 16.2. The molecule has 2 aromatic rings. The Balaban J connectivity index is 1.57. The Morgan fingerprint density at radius 1 is 1.43 bits per heavy atom. The van der Waals surface area contributed by atoms with Gasteiger partial charge in [-0.3, -0.25) is 4.79 Å². The Morgan fingerprint density at radius 2 is 2.19 bits per heavy atom. The van der Waals surface area contributed by atoms with Crippen molar-refractivity contribution in [2.24, 2.45) is 11.8 Å². The molecular formula is C15H19N5O. The molecule has 6 nitrogen and oxygen atoms in total. The summed E-state index contributed by atoms with van der Waals surface area (Å²) in [5, 5.41) is 10.2. The van der Waals surface area contributed by atoms with E-state index in [1.807, 2.05) is 31.2 Å². The van der Waals surface area contributed by atoms with Crippen LogP contribution in [0.25, 0.3) is 0 Å². The number of anilines is 1. The standard InChI is InChI=1S/C15H19N5O/c1-11(13-6-16-7-13)15(21)19-14-4-2-12(3-5-14)8-20-10-17-9-18-20/h2-5,9-11,13,16H,6-8H2,1H3,(H,19,21). The van der Waals surface area contributed by atoms with Crippen molar-refractivity contribution >= 4 is 11.6 Å². The van der Waals surface area contributed by atoms with Gasteiger partial charge in [0.05, 0.1) is 6.54 Å². The average molecular weight is 285 g/mol. The molecule has 1 aliphatic heterocycles. The van der Waals surface area contributed by atoms with E-state index in [-0.39, 0.29) is 11.8 Å². The van der Waals surface area contributed by atoms with Crippen LogP contribution >= 0.6 is 0 Å². The van der Waals surface area contributed by atoms with Crippen molar-refractivity contribution in [3.05, 3.63) is 42.5 Å². The van der Waals surface area contributed by atoms with E-state index < -0.39 is 0 Å². The summed E-state index contributed by atoms with van der Waals surface area (Å²) in [6.45, 7) is 4.54. The first-order chi connectivity index (χ1) is 10.2. The maximum absolute atomic E-state index is 12.1. The van der Waals surface area contributed by atoms with E-state index in [1.54, 1.807) is 11.0 Å². The van der Waals surface area contributed by atoms with Gasteiger partial charge in [0.15, 0.2) is 0 Å². The van der Waals surface area contributed by atoms with Gasteiger partial charge in [0.25, 0.3) is 0 Å². The van der Waals surface area contributed by atoms with Crippen molar-refractivity contribution in [1.82, 2.24) is 20.1 Å². The molecule has 0 spiro atoms. The summed E-state index contributed by atoms with van der Waals surface area (Å²) >= 11 is 0. The van der Waals surface area contributed by atoms with Gasteiger partial charge in [-0.15, -0.1) is 0 Å². The van der Waals surface area contributed by atoms with Gasteiger partial charge in [0.1, 0.15) is 12.7 Å². The molecule has 0 bridgehead atoms. The molecule has 0 saturated carbocycles. The zero-order valence-corrected chi connectivity index (χ0v) is 12.0. The van der Waals surface area contributed by atoms with Crippen molar-refractivity contribution in [3.63, 3.8) is 0 Å². The van der Waals surface area contributed by atoms with Crippen molar-refractivity contribution < 1.29 is 4.79 Å². The summed E-state index contributed by atoms with van der Waals surface area (Å²) in [6, 6.07) is 7.84. The molecule has 1 unspecified atom stereocenters. The Bertz CT molecular complexity index is 589. The topological polar surface area (TPSA) is 71.8 Å². The molecule has 110 valence electrons. The van der Waals surface area contributed by atoms with E-state index in [0.717, 1.165) is 24.3 Å². The molecule has 1 aliphatic rings. The number of rotatable bonds is 5. The monoisotopic (exact) mass is 285 g/mol. The summed E-state index contributed by atoms with van der Waals surface area (Å²) in [4.78, 5) is 16.0. The lowest BCUT2D eigenvalue weighted by Crippen LogP contribution is -2.48. The number of nitrogens with zero attached hydrogens (tertiary/aromatic N) is 3. The van der Waals surface area contributed by atoms with Crippen LogP contribution in [0.1, 0.15) is 12.5 Å². The van der Waals surface area contributed by atoms with Crippen LogP contribution in [0.5, 0.6) is 0 Å². The van der Waals surface area contributed by atoms with Gasteiger partial charge in [-0.25, -0.2) is 9.67 Å². The molecule has 0 radical (unpaired) electrons. The second kappa shape index (κ2) is 6.05. The molecule has 1 amide bonds. The average Bonchev–Trinajstić information content (AvgIpc) is 2.92. The molecule has 1 atom stereocenters. The predicted octanol–water partition coefficient (Wildman–Crippen LogP) is 1.12. The number of hydrogen-bond acceptors (Lipinski definition) is 4. The summed E-state index contributed by atoms with van der Waals surface area (Å²) in [6.07, 6.45) is 3.20. The molecule has 1 aromatic heterocycles. The van der Waals surface area contributed by atoms with Gasteiger partial charge in [0.2, 0.25) is 5.91 Å². The molecule has 1 aromatic carbocycles. The maximum atomic E-state index is 12.1. The highest BCUT2D eigenvalue weighted by Gasteiger charge is 2.28. The Morgan fingerprint density at radius 3 is 2.76 bits per heavy atom. The zero-order valence-electron chi connectivity index (χ0n) is 12.0. The second-order valence-corrected chi connectivity index (χ2v) is 5.49. The third-order valence-corrected chi connectivity index (χ3v) is 3.97. The highest BCUT2D eigenvalue weighted by Crippen LogP contribution is 2.18. The molecule has 3 rings (SSSR count). The predicted molar refractivity (Wildman–Crippen MR) is 79.7 cm³/mol. The summed E-state index contributed by atoms with van der Waals surface area (Å²) in [7, 11) is 0. The second-order valence-electron chi connectivity index (χ2n) is 5.49. The van der Waals surface area contributed by atoms with Gasteiger partial charge in [-0.1, -0.05) is 19.1 Å². The maximum Gasteiger partial charge on any atom is 0.227 e. The molecule has 6 heteroatoms. The minimum absolute atomic E-state index is 0.0427. The fourth-order valence-electron chi connectivity index (χ4n) is 2.33. The summed E-state index contributed by atoms with van der Waals surface area (Å²) in [5.74, 6) is 0.586. The molecule has 1 fully saturated rings. The summed E-state index contributed by atoms with van der Waals surface area (Å²) < 4.78 is 1.76. The van der Waals surface area contributed by atoms with Crippen molar-refractivity contribution in [1.29, 1.82) is 0 Å². The Hall–Kier alpha value is -2.21. The zero-order chi connectivity index (χ0) is 14.7. The van der Waals surface area contributed by atoms with Crippen LogP contribution < -0.4 is 10.6 Å². The lowest BCUT2D eigenvalue weighted by molar-refractivity contribution is -0.121. The van der Waals surface area contributed by atoms with Crippen LogP contribution in [0.2, 0.25) is 0 Å². The molecule has 1 saturated heterocycles. The minimum Gasteiger partial charge on any atom is -0.326 e. The Labute approximate surface area is 123 Å². The van der Waals surface area contributed by atoms with Gasteiger partial charge < -0.3 is 10.6 Å². The molecule has 0 aliphatic carbocycles. The van der Waals surface area contributed by atoms with Crippen LogP contribution in [0.15, 0.2) is 36.9 Å². The highest BCUT2D eigenvalue weighted by atomic mass is 16.1. The van der Waals surface area contributed by atoms with Crippen LogP contribution in [0, 0.1) is 11.8 Å². The fraction of sp³-hybridized carbons (Fsp3) is 0.400. The van der Waals surface area contributed by atoms with E-state index in [1.165, 1.54) is 6.33 Å². The van der Waals surface area contributed by atoms with Gasteiger partial charge in [0, 0.05) is 11.6 Å². The smallest absolute Gasteiger partial charge is 0.227 e. The number of benzene rings is 1. The SMILES string of the molecule is CC(C(=O)Nc1ccc(Cn2cncn2)cc1)C1CNC1. The van der Waals surface area contributed by atoms with Gasteiger partial charge >= 0.3 is 0 Å². The first-order valence-electron chi connectivity index (χ1n) is 7.15. The van der Waals surface area contributed by atoms with E-state index in [9.17, 15) is 4.79 Å². The van der Waals surface area contributed by atoms with Crippen molar-refractivity contribution in [2.75, 3.05) is 18.4 Å². The minimum atomic E-state index is 0.0427. The molecule has 2 heterocycles. The highest BCUT2D eigenvalue weighted by molar-refractivity contribution is 5.92. The third-order valence-electron chi connectivity index (χ3n) is 3.97. The van der Waals surface area contributed by atoms with Crippen LogP contribution in [-0.2, 0) is 11.3 Å². The van der Waals surface area contributed by atoms with E-state index in [0.29, 0.717) is 12.5 Å². The molecule has 2 N–H and O–H groups in total. The first kappa shape index (κ1) is 13.8. The van der Waals surface area contributed by atoms with Gasteiger partial charge in [-0.2, -0.15) is 5.10 Å². The van der Waals surface area contributed by atoms with Crippen LogP contribution in [-0.4, -0.2) is 33.8 Å². The number of amides is 1. The third kappa shape index (κ3) is 3.28. The van der Waals surface area contributed by atoms with Gasteiger partial charge in [-0.05, 0) is 36.7 Å². The number of hydrogen-bond donors (Lipinski definition) is 2. The number of carbonyl (C=O) groups is 1. The largest absolute Gasteiger partial charge is 0.326 e. The van der Waals surface area contributed by atoms with Crippen molar-refractivity contribution in [3.8, 4) is 0 Å². The fourth-order valence-corrected chi connectivity index (χ4v) is 2.33. The number of nitrogens with one attached hydrogen (secondary N) is 2.